The van der Waals surface area contributed by atoms with E-state index in [0.29, 0.717) is 11.1 Å². The van der Waals surface area contributed by atoms with Crippen molar-refractivity contribution in [3.63, 3.8) is 0 Å². The van der Waals surface area contributed by atoms with Crippen LogP contribution in [-0.4, -0.2) is 54.6 Å². The minimum Gasteiger partial charge on any atom is -0.511 e. The number of fused-ring (bicyclic) bond motifs is 3. The first-order valence-corrected chi connectivity index (χ1v) is 13.0. The van der Waals surface area contributed by atoms with E-state index < -0.39 is 80.1 Å². The molecule has 1 aromatic carbocycles. The Morgan fingerprint density at radius 3 is 2.08 bits per heavy atom. The van der Waals surface area contributed by atoms with Gasteiger partial charge in [0, 0.05) is 22.3 Å². The average Bonchev–Trinajstić information content (AvgIpc) is 2.78. The van der Waals surface area contributed by atoms with Crippen molar-refractivity contribution < 1.29 is 39.9 Å². The highest BCUT2D eigenvalue weighted by molar-refractivity contribution is 6.25. The zero-order valence-corrected chi connectivity index (χ0v) is 23.4. The molecule has 0 amide bonds. The van der Waals surface area contributed by atoms with Gasteiger partial charge in [-0.2, -0.15) is 0 Å². The zero-order chi connectivity index (χ0) is 29.1. The molecule has 1 aromatic rings. The Bertz CT molecular complexity index is 1360. The molecule has 8 heteroatoms. The molecule has 0 heterocycles. The first kappa shape index (κ1) is 28.0. The van der Waals surface area contributed by atoms with Gasteiger partial charge in [-0.05, 0) is 29.7 Å². The summed E-state index contributed by atoms with van der Waals surface area (Å²) in [7, 11) is 0. The Morgan fingerprint density at radius 2 is 1.61 bits per heavy atom. The maximum absolute atomic E-state index is 14.1. The van der Waals surface area contributed by atoms with Crippen molar-refractivity contribution >= 4 is 17.3 Å². The highest BCUT2D eigenvalue weighted by Gasteiger charge is 2.76. The predicted molar refractivity (Wildman–Crippen MR) is 140 cm³/mol. The summed E-state index contributed by atoms with van der Waals surface area (Å²) in [6, 6.07) is 3.46. The van der Waals surface area contributed by atoms with Crippen molar-refractivity contribution in [1.29, 1.82) is 0 Å². The van der Waals surface area contributed by atoms with E-state index in [1.54, 1.807) is 39.8 Å². The third-order valence-corrected chi connectivity index (χ3v) is 9.64. The molecule has 8 nitrogen and oxygen atoms in total. The molecule has 0 radical (unpaired) electrons. The third kappa shape index (κ3) is 2.96. The van der Waals surface area contributed by atoms with Gasteiger partial charge in [-0.25, -0.2) is 0 Å². The van der Waals surface area contributed by atoms with E-state index >= 15 is 0 Å². The molecule has 3 aliphatic rings. The van der Waals surface area contributed by atoms with Crippen LogP contribution in [0, 0.1) is 22.7 Å². The molecule has 0 fully saturated rings. The van der Waals surface area contributed by atoms with Gasteiger partial charge in [0.15, 0.2) is 17.2 Å². The molecule has 3 aliphatic carbocycles. The van der Waals surface area contributed by atoms with Gasteiger partial charge in [0.1, 0.15) is 22.8 Å². The number of aliphatic hydroxyl groups excluding tert-OH is 3. The summed E-state index contributed by atoms with van der Waals surface area (Å²) in [5.41, 5.74) is -6.99. The first-order valence-electron chi connectivity index (χ1n) is 13.0. The van der Waals surface area contributed by atoms with Gasteiger partial charge < -0.3 is 25.5 Å². The summed E-state index contributed by atoms with van der Waals surface area (Å²) in [4.78, 5) is 40.4. The fourth-order valence-corrected chi connectivity index (χ4v) is 7.55. The van der Waals surface area contributed by atoms with Crippen molar-refractivity contribution in [2.45, 2.75) is 85.4 Å². The molecule has 38 heavy (non-hydrogen) atoms. The minimum atomic E-state index is -2.88. The van der Waals surface area contributed by atoms with E-state index in [2.05, 4.69) is 0 Å². The number of benzene rings is 1. The molecule has 0 saturated carbocycles. The van der Waals surface area contributed by atoms with Crippen LogP contribution in [0.5, 0.6) is 5.75 Å². The molecule has 0 bridgehead atoms. The molecule has 0 saturated heterocycles. The molecule has 4 rings (SSSR count). The summed E-state index contributed by atoms with van der Waals surface area (Å²) < 4.78 is 0. The number of ketones is 3. The Morgan fingerprint density at radius 1 is 1.05 bits per heavy atom. The molecular formula is C30H38O8. The van der Waals surface area contributed by atoms with Crippen molar-refractivity contribution in [3.8, 4) is 5.75 Å². The van der Waals surface area contributed by atoms with Gasteiger partial charge in [-0.3, -0.25) is 14.4 Å². The fraction of sp³-hybridized carbons (Fsp3) is 0.567. The largest absolute Gasteiger partial charge is 0.511 e. The van der Waals surface area contributed by atoms with Crippen molar-refractivity contribution in [2.75, 3.05) is 0 Å². The van der Waals surface area contributed by atoms with Crippen LogP contribution in [0.15, 0.2) is 34.8 Å². The number of aromatic hydroxyl groups is 1. The van der Waals surface area contributed by atoms with Crippen LogP contribution in [0.3, 0.4) is 0 Å². The second kappa shape index (κ2) is 8.02. The smallest absolute Gasteiger partial charge is 0.209 e. The molecule has 206 valence electrons. The van der Waals surface area contributed by atoms with Gasteiger partial charge in [0.25, 0.3) is 0 Å². The number of rotatable bonds is 2. The SMILES string of the molecule is CC(=O)C1=C(O)C(C(C)C)[C@@]2(C)[C@H](O)[C@]3(C)C(=C(O)[C@@]2(O)C1=O)C(=O)c1c(ccc(C(C)(C)C)c1O)[C@H]3C. The van der Waals surface area contributed by atoms with Crippen LogP contribution in [0.4, 0.5) is 0 Å². The monoisotopic (exact) mass is 526 g/mol. The number of phenols is 1. The van der Waals surface area contributed by atoms with E-state index in [-0.39, 0.29) is 16.9 Å². The Hall–Kier alpha value is -2.97. The van der Waals surface area contributed by atoms with Gasteiger partial charge in [-0.1, -0.05) is 67.5 Å². The fourth-order valence-electron chi connectivity index (χ4n) is 7.55. The second-order valence-electron chi connectivity index (χ2n) is 13.0. The van der Waals surface area contributed by atoms with E-state index in [1.165, 1.54) is 6.92 Å². The number of hydrogen-bond donors (Lipinski definition) is 5. The molecule has 6 atom stereocenters. The van der Waals surface area contributed by atoms with Crippen LogP contribution in [-0.2, 0) is 15.0 Å². The van der Waals surface area contributed by atoms with E-state index in [1.807, 2.05) is 20.8 Å². The van der Waals surface area contributed by atoms with Crippen LogP contribution in [0.2, 0.25) is 0 Å². The van der Waals surface area contributed by atoms with Crippen LogP contribution in [0.1, 0.15) is 89.7 Å². The van der Waals surface area contributed by atoms with Crippen molar-refractivity contribution in [3.05, 3.63) is 51.5 Å². The number of phenolic OH excluding ortho intramolecular Hbond substituents is 1. The highest BCUT2D eigenvalue weighted by Crippen LogP contribution is 2.67. The van der Waals surface area contributed by atoms with Crippen LogP contribution in [0.25, 0.3) is 0 Å². The number of carbonyl (C=O) groups excluding carboxylic acids is 3. The van der Waals surface area contributed by atoms with Gasteiger partial charge >= 0.3 is 0 Å². The van der Waals surface area contributed by atoms with Crippen molar-refractivity contribution in [1.82, 2.24) is 0 Å². The molecule has 0 spiro atoms. The van der Waals surface area contributed by atoms with E-state index in [4.69, 9.17) is 0 Å². The number of aliphatic hydroxyl groups is 4. The maximum atomic E-state index is 14.1. The van der Waals surface area contributed by atoms with Gasteiger partial charge in [0.05, 0.1) is 17.2 Å². The lowest BCUT2D eigenvalue weighted by molar-refractivity contribution is -0.211. The molecular weight excluding hydrogens is 488 g/mol. The molecule has 1 unspecified atom stereocenters. The maximum Gasteiger partial charge on any atom is 0.209 e. The molecule has 0 aliphatic heterocycles. The molecule has 0 aromatic heterocycles. The summed E-state index contributed by atoms with van der Waals surface area (Å²) >= 11 is 0. The minimum absolute atomic E-state index is 0.0581. The lowest BCUT2D eigenvalue weighted by Crippen LogP contribution is -2.73. The van der Waals surface area contributed by atoms with Gasteiger partial charge in [0.2, 0.25) is 5.78 Å². The first-order chi connectivity index (χ1) is 17.2. The Labute approximate surface area is 222 Å². The quantitative estimate of drug-likeness (QED) is 0.360. The summed E-state index contributed by atoms with van der Waals surface area (Å²) in [5.74, 6) is -6.92. The Balaban J connectivity index is 2.16. The lowest BCUT2D eigenvalue weighted by Gasteiger charge is -2.63. The second-order valence-corrected chi connectivity index (χ2v) is 13.0. The summed E-state index contributed by atoms with van der Waals surface area (Å²) in [6.07, 6.45) is -1.63. The third-order valence-electron chi connectivity index (χ3n) is 9.64. The summed E-state index contributed by atoms with van der Waals surface area (Å²) in [5, 5.41) is 58.5. The lowest BCUT2D eigenvalue weighted by atomic mass is 9.41. The normalized spacial score (nSPS) is 35.3. The Kier molecular flexibility index (Phi) is 5.92. The predicted octanol–water partition coefficient (Wildman–Crippen LogP) is 4.18. The summed E-state index contributed by atoms with van der Waals surface area (Å²) in [6.45, 7) is 14.8. The topological polar surface area (TPSA) is 152 Å². The number of allylic oxidation sites excluding steroid dienone is 1. The van der Waals surface area contributed by atoms with Crippen molar-refractivity contribution in [2.24, 2.45) is 22.7 Å². The average molecular weight is 527 g/mol. The highest BCUT2D eigenvalue weighted by atomic mass is 16.4. The van der Waals surface area contributed by atoms with Gasteiger partial charge in [-0.15, -0.1) is 0 Å². The number of carbonyl (C=O) groups is 3. The van der Waals surface area contributed by atoms with Crippen LogP contribution < -0.4 is 0 Å². The zero-order valence-electron chi connectivity index (χ0n) is 23.4. The van der Waals surface area contributed by atoms with E-state index in [0.717, 1.165) is 6.92 Å². The van der Waals surface area contributed by atoms with E-state index in [9.17, 15) is 39.9 Å². The standard InChI is InChI=1S/C30H38O8/c1-12(2)19-22(33)17(14(4)31)24(35)30(38)25(36)20-23(34)18-15(10-11-16(21(18)32)27(5,6)7)13(3)28(20,8)26(37)29(19,30)9/h10-13,19,26,32-33,36-38H,1-9H3/t13-,19?,26-,28+,29+,30+/m1/s1. The number of hydrogen-bond acceptors (Lipinski definition) is 8. The van der Waals surface area contributed by atoms with Crippen LogP contribution >= 0.6 is 0 Å². The molecule has 5 N–H and O–H groups in total. The number of Topliss-reactive ketones (excluding diaryl/α,β-unsaturated/α-hetero) is 3.